The number of amides is 1. The lowest BCUT2D eigenvalue weighted by Gasteiger charge is -2.23. The van der Waals surface area contributed by atoms with Crippen molar-refractivity contribution in [1.82, 2.24) is 9.47 Å². The Labute approximate surface area is 92.9 Å². The number of thioether (sulfide) groups is 1. The molecule has 1 aliphatic rings. The molecule has 1 aliphatic heterocycles. The van der Waals surface area contributed by atoms with Crippen molar-refractivity contribution in [1.29, 1.82) is 0 Å². The highest BCUT2D eigenvalue weighted by Gasteiger charge is 2.33. The zero-order valence-electron chi connectivity index (χ0n) is 8.59. The average Bonchev–Trinajstić information content (AvgIpc) is 2.76. The van der Waals surface area contributed by atoms with Crippen LogP contribution in [0.2, 0.25) is 0 Å². The summed E-state index contributed by atoms with van der Waals surface area (Å²) in [6, 6.07) is 3.98. The first-order chi connectivity index (χ1) is 7.24. The molecular weight excluding hydrogens is 212 g/mol. The molecule has 1 fully saturated rings. The Balaban J connectivity index is 2.22. The summed E-state index contributed by atoms with van der Waals surface area (Å²) >= 11 is 1.61. The molecule has 1 aromatic heterocycles. The lowest BCUT2D eigenvalue weighted by atomic mass is 10.3. The van der Waals surface area contributed by atoms with Gasteiger partial charge in [-0.25, -0.2) is 0 Å². The molecule has 1 aromatic rings. The van der Waals surface area contributed by atoms with Gasteiger partial charge < -0.3 is 14.6 Å². The van der Waals surface area contributed by atoms with E-state index in [4.69, 9.17) is 5.11 Å². The fraction of sp³-hybridized carbons (Fsp3) is 0.500. The third-order valence-corrected chi connectivity index (χ3v) is 3.77. The number of rotatable bonds is 3. The van der Waals surface area contributed by atoms with Crippen LogP contribution < -0.4 is 0 Å². The Morgan fingerprint density at radius 1 is 1.67 bits per heavy atom. The predicted molar refractivity (Wildman–Crippen MR) is 59.4 cm³/mol. The number of aliphatic hydroxyl groups excluding tert-OH is 1. The van der Waals surface area contributed by atoms with E-state index in [1.807, 2.05) is 29.9 Å². The largest absolute Gasteiger partial charge is 0.395 e. The third kappa shape index (κ3) is 1.89. The summed E-state index contributed by atoms with van der Waals surface area (Å²) in [6.07, 6.45) is 1.97. The molecule has 1 saturated heterocycles. The Bertz CT molecular complexity index is 364. The Morgan fingerprint density at radius 2 is 2.47 bits per heavy atom. The van der Waals surface area contributed by atoms with Crippen molar-refractivity contribution in [3.05, 3.63) is 24.0 Å². The minimum Gasteiger partial charge on any atom is -0.395 e. The van der Waals surface area contributed by atoms with E-state index in [2.05, 4.69) is 0 Å². The number of aliphatic hydroxyl groups is 1. The molecule has 1 N–H and O–H groups in total. The molecule has 0 spiro atoms. The van der Waals surface area contributed by atoms with Gasteiger partial charge in [-0.3, -0.25) is 4.79 Å². The first-order valence-electron chi connectivity index (χ1n) is 4.87. The molecule has 4 nitrogen and oxygen atoms in total. The van der Waals surface area contributed by atoms with Gasteiger partial charge in [-0.05, 0) is 12.1 Å². The van der Waals surface area contributed by atoms with Crippen LogP contribution in [0.4, 0.5) is 0 Å². The van der Waals surface area contributed by atoms with Crippen LogP contribution >= 0.6 is 11.8 Å². The summed E-state index contributed by atoms with van der Waals surface area (Å²) in [6.45, 7) is 0.439. The van der Waals surface area contributed by atoms with Crippen LogP contribution in [0.15, 0.2) is 18.3 Å². The molecule has 0 aromatic carbocycles. The van der Waals surface area contributed by atoms with Gasteiger partial charge >= 0.3 is 0 Å². The molecular formula is C10H14N2O2S. The van der Waals surface area contributed by atoms with Crippen molar-refractivity contribution < 1.29 is 9.90 Å². The minimum atomic E-state index is 0.0211. The second-order valence-corrected chi connectivity index (χ2v) is 4.59. The number of carbonyl (C=O) groups is 1. The number of nitrogens with zero attached hydrogens (tertiary/aromatic N) is 2. The fourth-order valence-electron chi connectivity index (χ4n) is 1.78. The second kappa shape index (κ2) is 4.28. The molecule has 15 heavy (non-hydrogen) atoms. The predicted octanol–water partition coefficient (Wildman–Crippen LogP) is 0.591. The number of aryl methyl sites for hydroxylation is 1. The quantitative estimate of drug-likeness (QED) is 0.820. The normalized spacial score (nSPS) is 21.3. The molecule has 82 valence electrons. The lowest BCUT2D eigenvalue weighted by Crippen LogP contribution is -2.31. The Kier molecular flexibility index (Phi) is 3.02. The molecule has 0 radical (unpaired) electrons. The van der Waals surface area contributed by atoms with E-state index < -0.39 is 0 Å². The summed E-state index contributed by atoms with van der Waals surface area (Å²) in [5.74, 6) is 0.621. The van der Waals surface area contributed by atoms with E-state index in [0.29, 0.717) is 12.3 Å². The van der Waals surface area contributed by atoms with E-state index in [9.17, 15) is 4.79 Å². The molecule has 0 aliphatic carbocycles. The monoisotopic (exact) mass is 226 g/mol. The number of aromatic nitrogens is 1. The molecule has 1 atom stereocenters. The lowest BCUT2D eigenvalue weighted by molar-refractivity contribution is -0.128. The molecule has 2 rings (SSSR count). The first-order valence-corrected chi connectivity index (χ1v) is 5.92. The maximum Gasteiger partial charge on any atom is 0.233 e. The molecule has 0 saturated carbocycles. The standard InChI is InChI=1S/C10H14N2O2S/c1-11-4-2-3-8(11)10-12(5-6-13)9(14)7-15-10/h2-4,10,13H,5-7H2,1H3. The highest BCUT2D eigenvalue weighted by atomic mass is 32.2. The second-order valence-electron chi connectivity index (χ2n) is 3.52. The van der Waals surface area contributed by atoms with E-state index in [1.54, 1.807) is 16.7 Å². The molecule has 5 heteroatoms. The topological polar surface area (TPSA) is 45.5 Å². The van der Waals surface area contributed by atoms with Crippen molar-refractivity contribution in [3.8, 4) is 0 Å². The van der Waals surface area contributed by atoms with Crippen molar-refractivity contribution in [3.63, 3.8) is 0 Å². The SMILES string of the molecule is Cn1cccc1C1SCC(=O)N1CCO. The van der Waals surface area contributed by atoms with E-state index in [1.165, 1.54) is 0 Å². The van der Waals surface area contributed by atoms with Gasteiger partial charge in [-0.15, -0.1) is 11.8 Å². The van der Waals surface area contributed by atoms with Crippen LogP contribution in [0.25, 0.3) is 0 Å². The maximum absolute atomic E-state index is 11.6. The van der Waals surface area contributed by atoms with Crippen LogP contribution in [-0.4, -0.2) is 39.4 Å². The highest BCUT2D eigenvalue weighted by Crippen LogP contribution is 2.37. The average molecular weight is 226 g/mol. The van der Waals surface area contributed by atoms with Crippen LogP contribution in [-0.2, 0) is 11.8 Å². The Morgan fingerprint density at radius 3 is 3.07 bits per heavy atom. The van der Waals surface area contributed by atoms with E-state index in [-0.39, 0.29) is 17.9 Å². The van der Waals surface area contributed by atoms with Gasteiger partial charge in [0.25, 0.3) is 0 Å². The van der Waals surface area contributed by atoms with E-state index in [0.717, 1.165) is 5.69 Å². The van der Waals surface area contributed by atoms with Gasteiger partial charge in [0.05, 0.1) is 18.1 Å². The fourth-order valence-corrected chi connectivity index (χ4v) is 3.06. The van der Waals surface area contributed by atoms with Gasteiger partial charge in [0, 0.05) is 19.8 Å². The Hall–Kier alpha value is -0.940. The highest BCUT2D eigenvalue weighted by molar-refractivity contribution is 8.00. The minimum absolute atomic E-state index is 0.0211. The summed E-state index contributed by atoms with van der Waals surface area (Å²) in [5.41, 5.74) is 1.11. The van der Waals surface area contributed by atoms with Crippen LogP contribution in [0.3, 0.4) is 0 Å². The number of hydrogen-bond donors (Lipinski definition) is 1. The van der Waals surface area contributed by atoms with E-state index >= 15 is 0 Å². The van der Waals surface area contributed by atoms with Crippen molar-refractivity contribution >= 4 is 17.7 Å². The van der Waals surface area contributed by atoms with Gasteiger partial charge in [0.15, 0.2) is 0 Å². The maximum atomic E-state index is 11.6. The van der Waals surface area contributed by atoms with Crippen molar-refractivity contribution in [2.75, 3.05) is 18.9 Å². The van der Waals surface area contributed by atoms with Crippen molar-refractivity contribution in [2.45, 2.75) is 5.37 Å². The van der Waals surface area contributed by atoms with Crippen molar-refractivity contribution in [2.24, 2.45) is 7.05 Å². The molecule has 1 unspecified atom stereocenters. The zero-order valence-corrected chi connectivity index (χ0v) is 9.41. The number of hydrogen-bond acceptors (Lipinski definition) is 3. The smallest absolute Gasteiger partial charge is 0.233 e. The summed E-state index contributed by atoms with van der Waals surface area (Å²) in [7, 11) is 1.97. The first kappa shape index (κ1) is 10.6. The summed E-state index contributed by atoms with van der Waals surface area (Å²) < 4.78 is 2.01. The van der Waals surface area contributed by atoms with Gasteiger partial charge in [-0.1, -0.05) is 0 Å². The zero-order chi connectivity index (χ0) is 10.8. The molecule has 2 heterocycles. The number of β-amino-alcohol motifs (C(OH)–C–C–N with tert-alkyl or cyclic N) is 1. The molecule has 1 amide bonds. The number of carbonyl (C=O) groups excluding carboxylic acids is 1. The third-order valence-electron chi connectivity index (χ3n) is 2.55. The van der Waals surface area contributed by atoms with Crippen LogP contribution in [0.5, 0.6) is 0 Å². The molecule has 0 bridgehead atoms. The van der Waals surface area contributed by atoms with Gasteiger partial charge in [-0.2, -0.15) is 0 Å². The summed E-state index contributed by atoms with van der Waals surface area (Å²) in [5, 5.41) is 8.98. The van der Waals surface area contributed by atoms with Crippen LogP contribution in [0.1, 0.15) is 11.1 Å². The van der Waals surface area contributed by atoms with Gasteiger partial charge in [0.2, 0.25) is 5.91 Å². The summed E-state index contributed by atoms with van der Waals surface area (Å²) in [4.78, 5) is 13.3. The van der Waals surface area contributed by atoms with Gasteiger partial charge in [0.1, 0.15) is 5.37 Å². The van der Waals surface area contributed by atoms with Crippen LogP contribution in [0, 0.1) is 0 Å².